The van der Waals surface area contributed by atoms with E-state index in [1.54, 1.807) is 0 Å². The molecular weight excluding hydrogens is 1830 g/mol. The number of rotatable bonds is 15. The molecular formula is C137H86N10O3. The van der Waals surface area contributed by atoms with Crippen molar-refractivity contribution >= 4 is 131 Å². The topological polar surface area (TPSA) is 144 Å². The highest BCUT2D eigenvalue weighted by Gasteiger charge is 2.29. The van der Waals surface area contributed by atoms with E-state index < -0.39 is 0 Å². The maximum Gasteiger partial charge on any atom is 0.164 e. The SMILES string of the molecule is c1ccc(-c2cc(-c3cccc(-c4c(-n5c6ccccc6c6ccccc65)ccc5c4oc4ccccc45)c3)nc(-c3ccccc3)n2)cc1.c1ccc(-c2cc(-c3ccccc3)nc(-c3cccc(-c4c(-n5c6ccccc6c6ccccc65)ccc5c4oc4ccccc45)c3)n2)cc1.c1ccc(-c2nc(-c3ccccc3)nc(-c3cccc(-c4c(-n5c6ccccc6c6ccccc65)ccc5c4oc4ccccc45)c3)n2)cc1. The molecule has 13 nitrogen and oxygen atoms in total. The summed E-state index contributed by atoms with van der Waals surface area (Å²) < 4.78 is 27.4. The summed E-state index contributed by atoms with van der Waals surface area (Å²) in [6.07, 6.45) is 0. The minimum atomic E-state index is 0.606. The van der Waals surface area contributed by atoms with E-state index in [-0.39, 0.29) is 0 Å². The fraction of sp³-hybridized carbons (Fsp3) is 0. The lowest BCUT2D eigenvalue weighted by Gasteiger charge is -2.16. The number of hydrogen-bond donors (Lipinski definition) is 0. The van der Waals surface area contributed by atoms with Gasteiger partial charge >= 0.3 is 0 Å². The van der Waals surface area contributed by atoms with Crippen LogP contribution < -0.4 is 0 Å². The number of aromatic nitrogens is 10. The molecule has 0 aliphatic rings. The van der Waals surface area contributed by atoms with Gasteiger partial charge in [0, 0.05) is 131 Å². The first-order valence-electron chi connectivity index (χ1n) is 50.4. The molecule has 0 radical (unpaired) electrons. The molecule has 0 aliphatic heterocycles. The lowest BCUT2D eigenvalue weighted by molar-refractivity contribution is 0.669. The van der Waals surface area contributed by atoms with Gasteiger partial charge in [0.2, 0.25) is 0 Å². The first-order chi connectivity index (χ1) is 74.4. The first-order valence-corrected chi connectivity index (χ1v) is 50.4. The molecule has 9 heterocycles. The Hall–Kier alpha value is -20.4. The highest BCUT2D eigenvalue weighted by Crippen LogP contribution is 2.50. The normalized spacial score (nSPS) is 11.6. The molecule has 0 saturated heterocycles. The maximum atomic E-state index is 6.76. The van der Waals surface area contributed by atoms with Crippen molar-refractivity contribution in [1.82, 2.24) is 48.6 Å². The van der Waals surface area contributed by atoms with Crippen molar-refractivity contribution in [2.75, 3.05) is 0 Å². The average Bonchev–Trinajstić information content (AvgIpc) is 1.57. The zero-order valence-electron chi connectivity index (χ0n) is 80.8. The second kappa shape index (κ2) is 37.1. The zero-order valence-corrected chi connectivity index (χ0v) is 80.8. The second-order valence-corrected chi connectivity index (χ2v) is 37.6. The van der Waals surface area contributed by atoms with Gasteiger partial charge in [-0.2, -0.15) is 0 Å². The molecule has 0 atom stereocenters. The molecule has 0 aliphatic carbocycles. The molecule has 21 aromatic carbocycles. The van der Waals surface area contributed by atoms with Gasteiger partial charge in [-0.1, -0.05) is 400 Å². The molecule has 13 heteroatoms. The predicted octanol–water partition coefficient (Wildman–Crippen LogP) is 35.8. The summed E-state index contributed by atoms with van der Waals surface area (Å²) in [5.41, 5.74) is 33.6. The van der Waals surface area contributed by atoms with E-state index >= 15 is 0 Å². The van der Waals surface area contributed by atoms with Crippen LogP contribution in [0.1, 0.15) is 0 Å². The number of fused-ring (bicyclic) bond motifs is 18. The van der Waals surface area contributed by atoms with Crippen LogP contribution in [-0.2, 0) is 0 Å². The quantitative estimate of drug-likeness (QED) is 0.0972. The van der Waals surface area contributed by atoms with Gasteiger partial charge in [0.1, 0.15) is 33.5 Å². The summed E-state index contributed by atoms with van der Waals surface area (Å²) in [7, 11) is 0. The summed E-state index contributed by atoms with van der Waals surface area (Å²) in [5.74, 6) is 3.23. The largest absolute Gasteiger partial charge is 0.455 e. The van der Waals surface area contributed by atoms with Crippen molar-refractivity contribution in [2.45, 2.75) is 0 Å². The number of para-hydroxylation sites is 9. The van der Waals surface area contributed by atoms with Crippen LogP contribution in [0.15, 0.2) is 535 Å². The molecule has 0 bridgehead atoms. The van der Waals surface area contributed by atoms with Crippen LogP contribution in [0.5, 0.6) is 0 Å². The third-order valence-electron chi connectivity index (χ3n) is 28.7. The maximum absolute atomic E-state index is 6.76. The highest BCUT2D eigenvalue weighted by molar-refractivity contribution is 6.19. The Labute approximate surface area is 861 Å². The second-order valence-electron chi connectivity index (χ2n) is 37.6. The minimum Gasteiger partial charge on any atom is -0.455 e. The van der Waals surface area contributed by atoms with Crippen molar-refractivity contribution in [3.8, 4) is 152 Å². The third kappa shape index (κ3) is 15.5. The van der Waals surface area contributed by atoms with Crippen molar-refractivity contribution in [3.63, 3.8) is 0 Å². The van der Waals surface area contributed by atoms with Gasteiger partial charge in [-0.25, -0.2) is 34.9 Å². The Balaban J connectivity index is 0.000000108. The smallest absolute Gasteiger partial charge is 0.164 e. The van der Waals surface area contributed by atoms with Crippen LogP contribution in [0.4, 0.5) is 0 Å². The van der Waals surface area contributed by atoms with Crippen LogP contribution in [0.3, 0.4) is 0 Å². The average molecular weight is 1920 g/mol. The Morgan fingerprint density at radius 2 is 0.333 bits per heavy atom. The molecule has 0 spiro atoms. The lowest BCUT2D eigenvalue weighted by atomic mass is 9.97. The molecule has 0 N–H and O–H groups in total. The number of benzene rings is 21. The lowest BCUT2D eigenvalue weighted by Crippen LogP contribution is -2.01. The van der Waals surface area contributed by atoms with Gasteiger partial charge in [0.25, 0.3) is 0 Å². The van der Waals surface area contributed by atoms with Crippen LogP contribution in [0.2, 0.25) is 0 Å². The predicted molar refractivity (Wildman–Crippen MR) is 614 cm³/mol. The van der Waals surface area contributed by atoms with Gasteiger partial charge in [0.05, 0.1) is 72.9 Å². The molecule has 0 saturated carbocycles. The minimum absolute atomic E-state index is 0.606. The fourth-order valence-corrected chi connectivity index (χ4v) is 21.8. The third-order valence-corrected chi connectivity index (χ3v) is 28.7. The Bertz CT molecular complexity index is 9220. The highest BCUT2D eigenvalue weighted by atomic mass is 16.3. The fourth-order valence-electron chi connectivity index (χ4n) is 21.8. The van der Waals surface area contributed by atoms with Crippen LogP contribution in [-0.4, -0.2) is 48.6 Å². The van der Waals surface area contributed by atoms with Crippen LogP contribution >= 0.6 is 0 Å². The van der Waals surface area contributed by atoms with Crippen molar-refractivity contribution < 1.29 is 13.3 Å². The van der Waals surface area contributed by atoms with E-state index in [2.05, 4.69) is 366 Å². The molecule has 30 aromatic rings. The molecule has 0 unspecified atom stereocenters. The summed E-state index contributed by atoms with van der Waals surface area (Å²) in [4.78, 5) is 35.4. The van der Waals surface area contributed by atoms with Crippen molar-refractivity contribution in [2.24, 2.45) is 0 Å². The standard InChI is InChI=1S/2C46H29N3O.C45H28N4O/c1-3-14-30(15-4-1)38-29-39(48-46(47-38)31-16-5-2-6-17-31)32-18-13-19-33(28-32)44-42(27-26-37-36-22-9-12-25-43(36)50-45(37)44)49-40-23-10-7-20-34(40)35-21-8-11-24-41(35)49;1-3-14-30(15-4-1)38-29-39(31-16-5-2-6-17-31)48-46(47-38)33-19-13-18-32(28-33)44-42(27-26-37-36-22-9-12-25-43(36)50-45(37)44)49-40-23-10-7-20-34(40)35-21-8-11-24-41(35)49;1-3-14-29(15-4-1)43-46-44(30-16-5-2-6-17-30)48-45(47-43)32-19-13-18-31(28-32)41-39(27-26-36-35-22-9-12-25-40(35)50-42(36)41)49-37-23-10-7-20-33(37)34-21-8-11-24-38(34)49/h2*1-29H;1-28H. The monoisotopic (exact) mass is 1920 g/mol. The van der Waals surface area contributed by atoms with Gasteiger partial charge < -0.3 is 27.0 Å². The molecule has 9 aromatic heterocycles. The molecule has 30 rings (SSSR count). The zero-order chi connectivity index (χ0) is 99.1. The van der Waals surface area contributed by atoms with E-state index in [0.717, 1.165) is 222 Å². The summed E-state index contributed by atoms with van der Waals surface area (Å²) in [5, 5.41) is 13.8. The molecule has 702 valence electrons. The number of nitrogens with zero attached hydrogens (tertiary/aromatic N) is 10. The van der Waals surface area contributed by atoms with Gasteiger partial charge in [-0.15, -0.1) is 0 Å². The van der Waals surface area contributed by atoms with E-state index in [1.165, 1.54) is 32.3 Å². The van der Waals surface area contributed by atoms with E-state index in [9.17, 15) is 0 Å². The summed E-state index contributed by atoms with van der Waals surface area (Å²) in [6, 6.07) is 181. The van der Waals surface area contributed by atoms with Crippen molar-refractivity contribution in [3.05, 3.63) is 522 Å². The first kappa shape index (κ1) is 87.4. The molecule has 0 amide bonds. The number of hydrogen-bond acceptors (Lipinski definition) is 10. The van der Waals surface area contributed by atoms with E-state index in [0.29, 0.717) is 29.1 Å². The summed E-state index contributed by atoms with van der Waals surface area (Å²) >= 11 is 0. The molecule has 0 fully saturated rings. The molecule has 150 heavy (non-hydrogen) atoms. The Morgan fingerprint density at radius 3 is 0.620 bits per heavy atom. The van der Waals surface area contributed by atoms with Crippen LogP contribution in [0.25, 0.3) is 284 Å². The summed E-state index contributed by atoms with van der Waals surface area (Å²) in [6.45, 7) is 0. The van der Waals surface area contributed by atoms with Crippen LogP contribution in [0, 0.1) is 0 Å². The van der Waals surface area contributed by atoms with Gasteiger partial charge in [0.15, 0.2) is 29.1 Å². The van der Waals surface area contributed by atoms with E-state index in [4.69, 9.17) is 48.1 Å². The van der Waals surface area contributed by atoms with Crippen molar-refractivity contribution in [1.29, 1.82) is 0 Å². The Morgan fingerprint density at radius 1 is 0.133 bits per heavy atom. The van der Waals surface area contributed by atoms with E-state index in [1.807, 2.05) is 170 Å². The number of furan rings is 3. The van der Waals surface area contributed by atoms with Gasteiger partial charge in [-0.05, 0) is 138 Å². The Kier molecular flexibility index (Phi) is 21.6. The van der Waals surface area contributed by atoms with Gasteiger partial charge in [-0.3, -0.25) is 0 Å².